The summed E-state index contributed by atoms with van der Waals surface area (Å²) in [6, 6.07) is 11.4. The SMILES string of the molecule is COc1ncccc1COc1ccc(C/C(C)=N/O)cc1. The highest BCUT2D eigenvalue weighted by Crippen LogP contribution is 2.18. The van der Waals surface area contributed by atoms with E-state index < -0.39 is 0 Å². The molecule has 2 rings (SSSR count). The first kappa shape index (κ1) is 14.8. The Morgan fingerprint density at radius 1 is 1.24 bits per heavy atom. The fourth-order valence-corrected chi connectivity index (χ4v) is 1.91. The Morgan fingerprint density at radius 3 is 2.67 bits per heavy atom. The lowest BCUT2D eigenvalue weighted by Gasteiger charge is -2.09. The summed E-state index contributed by atoms with van der Waals surface area (Å²) in [4.78, 5) is 4.13. The van der Waals surface area contributed by atoms with E-state index in [1.807, 2.05) is 36.4 Å². The van der Waals surface area contributed by atoms with Gasteiger partial charge in [0.2, 0.25) is 5.88 Å². The van der Waals surface area contributed by atoms with Crippen LogP contribution in [0.15, 0.2) is 47.8 Å². The molecule has 0 amide bonds. The van der Waals surface area contributed by atoms with Crippen molar-refractivity contribution in [2.75, 3.05) is 7.11 Å². The predicted octanol–water partition coefficient (Wildman–Crippen LogP) is 3.06. The molecular weight excluding hydrogens is 268 g/mol. The lowest BCUT2D eigenvalue weighted by molar-refractivity contribution is 0.294. The molecule has 1 N–H and O–H groups in total. The molecule has 110 valence electrons. The Hall–Kier alpha value is -2.56. The highest BCUT2D eigenvalue weighted by molar-refractivity contribution is 5.83. The van der Waals surface area contributed by atoms with E-state index in [2.05, 4.69) is 10.1 Å². The van der Waals surface area contributed by atoms with Gasteiger partial charge < -0.3 is 14.7 Å². The van der Waals surface area contributed by atoms with Crippen LogP contribution in [0.2, 0.25) is 0 Å². The van der Waals surface area contributed by atoms with Crippen molar-refractivity contribution in [1.29, 1.82) is 0 Å². The third-order valence-corrected chi connectivity index (χ3v) is 2.99. The minimum Gasteiger partial charge on any atom is -0.489 e. The van der Waals surface area contributed by atoms with Gasteiger partial charge >= 0.3 is 0 Å². The van der Waals surface area contributed by atoms with Crippen molar-refractivity contribution in [3.63, 3.8) is 0 Å². The van der Waals surface area contributed by atoms with Crippen LogP contribution < -0.4 is 9.47 Å². The van der Waals surface area contributed by atoms with Crippen molar-refractivity contribution in [1.82, 2.24) is 4.98 Å². The monoisotopic (exact) mass is 286 g/mol. The molecule has 1 aromatic heterocycles. The van der Waals surface area contributed by atoms with Gasteiger partial charge in [-0.15, -0.1) is 0 Å². The summed E-state index contributed by atoms with van der Waals surface area (Å²) in [5.41, 5.74) is 2.63. The standard InChI is InChI=1S/C16H18N2O3/c1-12(18-19)10-13-5-7-15(8-6-13)21-11-14-4-3-9-17-16(14)20-2/h3-9,19H,10-11H2,1-2H3/b18-12+. The Bertz CT molecular complexity index is 609. The summed E-state index contributed by atoms with van der Waals surface area (Å²) in [6.07, 6.45) is 2.30. The highest BCUT2D eigenvalue weighted by atomic mass is 16.5. The van der Waals surface area contributed by atoms with Gasteiger partial charge in [-0.3, -0.25) is 0 Å². The second-order valence-corrected chi connectivity index (χ2v) is 4.62. The number of pyridine rings is 1. The Morgan fingerprint density at radius 2 is 2.00 bits per heavy atom. The number of hydrogen-bond acceptors (Lipinski definition) is 5. The number of nitrogens with zero attached hydrogens (tertiary/aromatic N) is 2. The smallest absolute Gasteiger partial charge is 0.219 e. The summed E-state index contributed by atoms with van der Waals surface area (Å²) in [7, 11) is 1.59. The van der Waals surface area contributed by atoms with Gasteiger partial charge in [0.15, 0.2) is 0 Å². The highest BCUT2D eigenvalue weighted by Gasteiger charge is 2.04. The molecule has 0 saturated carbocycles. The Balaban J connectivity index is 1.97. The summed E-state index contributed by atoms with van der Waals surface area (Å²) in [5.74, 6) is 1.34. The number of rotatable bonds is 6. The van der Waals surface area contributed by atoms with Crippen molar-refractivity contribution < 1.29 is 14.7 Å². The molecule has 0 unspecified atom stereocenters. The fourth-order valence-electron chi connectivity index (χ4n) is 1.91. The maximum atomic E-state index is 8.66. The Kier molecular flexibility index (Phi) is 5.15. The van der Waals surface area contributed by atoms with Gasteiger partial charge in [-0.2, -0.15) is 0 Å². The van der Waals surface area contributed by atoms with E-state index in [4.69, 9.17) is 14.7 Å². The first-order chi connectivity index (χ1) is 10.2. The molecule has 1 aromatic carbocycles. The quantitative estimate of drug-likeness (QED) is 0.503. The van der Waals surface area contributed by atoms with Gasteiger partial charge in [0.1, 0.15) is 12.4 Å². The van der Waals surface area contributed by atoms with E-state index in [1.54, 1.807) is 20.2 Å². The van der Waals surface area contributed by atoms with Crippen molar-refractivity contribution in [3.8, 4) is 11.6 Å². The summed E-state index contributed by atoms with van der Waals surface area (Å²) < 4.78 is 10.9. The fraction of sp³-hybridized carbons (Fsp3) is 0.250. The minimum absolute atomic E-state index is 0.396. The topological polar surface area (TPSA) is 63.9 Å². The van der Waals surface area contributed by atoms with Crippen LogP contribution in [0.25, 0.3) is 0 Å². The third-order valence-electron chi connectivity index (χ3n) is 2.99. The number of methoxy groups -OCH3 is 1. The van der Waals surface area contributed by atoms with Crippen LogP contribution in [0.4, 0.5) is 0 Å². The van der Waals surface area contributed by atoms with Crippen LogP contribution in [0, 0.1) is 0 Å². The van der Waals surface area contributed by atoms with Crippen LogP contribution in [-0.2, 0) is 13.0 Å². The van der Waals surface area contributed by atoms with Crippen molar-refractivity contribution in [2.24, 2.45) is 5.16 Å². The van der Waals surface area contributed by atoms with Crippen LogP contribution in [0.5, 0.6) is 11.6 Å². The molecule has 2 aromatic rings. The predicted molar refractivity (Wildman–Crippen MR) is 80.2 cm³/mol. The van der Waals surface area contributed by atoms with E-state index in [1.165, 1.54) is 0 Å². The average Bonchev–Trinajstić information content (AvgIpc) is 2.54. The van der Waals surface area contributed by atoms with Crippen LogP contribution in [0.3, 0.4) is 0 Å². The van der Waals surface area contributed by atoms with Crippen molar-refractivity contribution >= 4 is 5.71 Å². The number of ether oxygens (including phenoxy) is 2. The van der Waals surface area contributed by atoms with Crippen LogP contribution in [-0.4, -0.2) is 23.0 Å². The molecule has 0 aliphatic heterocycles. The van der Waals surface area contributed by atoms with E-state index in [-0.39, 0.29) is 0 Å². The number of oxime groups is 1. The average molecular weight is 286 g/mol. The number of aromatic nitrogens is 1. The van der Waals surface area contributed by atoms with Gasteiger partial charge in [0.25, 0.3) is 0 Å². The second kappa shape index (κ2) is 7.28. The zero-order valence-corrected chi connectivity index (χ0v) is 12.1. The molecule has 5 nitrogen and oxygen atoms in total. The van der Waals surface area contributed by atoms with Crippen molar-refractivity contribution in [3.05, 3.63) is 53.7 Å². The van der Waals surface area contributed by atoms with Gasteiger partial charge in [0.05, 0.1) is 18.4 Å². The molecule has 1 heterocycles. The second-order valence-electron chi connectivity index (χ2n) is 4.62. The van der Waals surface area contributed by atoms with Crippen molar-refractivity contribution in [2.45, 2.75) is 20.0 Å². The number of hydrogen-bond donors (Lipinski definition) is 1. The maximum absolute atomic E-state index is 8.66. The molecule has 0 bridgehead atoms. The normalized spacial score (nSPS) is 11.2. The van der Waals surface area contributed by atoms with Gasteiger partial charge in [0, 0.05) is 12.6 Å². The first-order valence-corrected chi connectivity index (χ1v) is 6.60. The zero-order chi connectivity index (χ0) is 15.1. The molecule has 0 fully saturated rings. The molecule has 21 heavy (non-hydrogen) atoms. The lowest BCUT2D eigenvalue weighted by atomic mass is 10.1. The van der Waals surface area contributed by atoms with Gasteiger partial charge in [-0.25, -0.2) is 4.98 Å². The summed E-state index contributed by atoms with van der Waals surface area (Å²) >= 11 is 0. The zero-order valence-electron chi connectivity index (χ0n) is 12.1. The molecule has 0 atom stereocenters. The van der Waals surface area contributed by atoms with Gasteiger partial charge in [-0.05, 0) is 36.8 Å². The van der Waals surface area contributed by atoms with Crippen LogP contribution >= 0.6 is 0 Å². The van der Waals surface area contributed by atoms with E-state index in [0.717, 1.165) is 16.9 Å². The molecule has 0 aliphatic rings. The molecule has 0 spiro atoms. The summed E-state index contributed by atoms with van der Waals surface area (Å²) in [6.45, 7) is 2.17. The first-order valence-electron chi connectivity index (χ1n) is 6.60. The molecular formula is C16H18N2O3. The summed E-state index contributed by atoms with van der Waals surface area (Å²) in [5, 5.41) is 11.8. The third kappa shape index (κ3) is 4.21. The molecule has 0 aliphatic carbocycles. The minimum atomic E-state index is 0.396. The molecule has 0 radical (unpaired) electrons. The number of benzene rings is 1. The van der Waals surface area contributed by atoms with E-state index in [9.17, 15) is 0 Å². The molecule has 0 saturated heterocycles. The van der Waals surface area contributed by atoms with E-state index in [0.29, 0.717) is 24.6 Å². The van der Waals surface area contributed by atoms with E-state index >= 15 is 0 Å². The molecule has 5 heteroatoms. The lowest BCUT2D eigenvalue weighted by Crippen LogP contribution is -2.01. The maximum Gasteiger partial charge on any atom is 0.219 e. The largest absolute Gasteiger partial charge is 0.489 e. The van der Waals surface area contributed by atoms with Gasteiger partial charge in [-0.1, -0.05) is 17.3 Å². The van der Waals surface area contributed by atoms with Crippen LogP contribution in [0.1, 0.15) is 18.1 Å². The Labute approximate surface area is 123 Å².